The highest BCUT2D eigenvalue weighted by molar-refractivity contribution is 5.70. The third-order valence-electron chi connectivity index (χ3n) is 3.30. The maximum absolute atomic E-state index is 10.7. The molecule has 0 aromatic carbocycles. The van der Waals surface area contributed by atoms with E-state index in [0.29, 0.717) is 17.8 Å². The fourth-order valence-corrected chi connectivity index (χ4v) is 2.04. The Morgan fingerprint density at radius 2 is 1.82 bits per heavy atom. The molecule has 1 aliphatic carbocycles. The number of rotatable bonds is 1. The molecule has 1 N–H and O–H groups in total. The Bertz CT molecular complexity index is 165. The van der Waals surface area contributed by atoms with Gasteiger partial charge in [0.15, 0.2) is 0 Å². The first-order valence-corrected chi connectivity index (χ1v) is 4.26. The predicted octanol–water partition coefficient (Wildman–Crippen LogP) is 2.00. The minimum atomic E-state index is -0.617. The lowest BCUT2D eigenvalue weighted by Crippen LogP contribution is -2.18. The number of carboxylic acid groups (broad SMARTS) is 1. The molecule has 0 heterocycles. The van der Waals surface area contributed by atoms with Crippen molar-refractivity contribution in [1.82, 2.24) is 0 Å². The van der Waals surface area contributed by atoms with Gasteiger partial charge < -0.3 is 5.11 Å². The summed E-state index contributed by atoms with van der Waals surface area (Å²) in [6.07, 6.45) is 0.859. The van der Waals surface area contributed by atoms with Gasteiger partial charge in [-0.25, -0.2) is 0 Å². The van der Waals surface area contributed by atoms with Crippen molar-refractivity contribution in [2.45, 2.75) is 27.2 Å². The molecule has 0 amide bonds. The molecule has 1 aliphatic rings. The maximum Gasteiger partial charge on any atom is 0.306 e. The van der Waals surface area contributed by atoms with Crippen LogP contribution in [0.5, 0.6) is 0 Å². The summed E-state index contributed by atoms with van der Waals surface area (Å²) in [6, 6.07) is 0. The van der Waals surface area contributed by atoms with Gasteiger partial charge >= 0.3 is 5.97 Å². The molecule has 0 radical (unpaired) electrons. The second-order valence-corrected chi connectivity index (χ2v) is 3.88. The Hall–Kier alpha value is -0.530. The minimum Gasteiger partial charge on any atom is -0.481 e. The zero-order valence-corrected chi connectivity index (χ0v) is 7.37. The van der Waals surface area contributed by atoms with E-state index in [1.807, 2.05) is 6.92 Å². The van der Waals surface area contributed by atoms with Gasteiger partial charge in [-0.05, 0) is 24.2 Å². The molecule has 1 saturated carbocycles. The van der Waals surface area contributed by atoms with Gasteiger partial charge in [0, 0.05) is 0 Å². The Morgan fingerprint density at radius 3 is 2.00 bits per heavy atom. The molecule has 11 heavy (non-hydrogen) atoms. The predicted molar refractivity (Wildman–Crippen MR) is 43.2 cm³/mol. The molecule has 4 atom stereocenters. The largest absolute Gasteiger partial charge is 0.481 e. The van der Waals surface area contributed by atoms with E-state index < -0.39 is 5.97 Å². The number of hydrogen-bond donors (Lipinski definition) is 1. The zero-order valence-electron chi connectivity index (χ0n) is 7.37. The lowest BCUT2D eigenvalue weighted by atomic mass is 9.91. The lowest BCUT2D eigenvalue weighted by Gasteiger charge is -2.14. The molecule has 0 aliphatic heterocycles. The first kappa shape index (κ1) is 8.57. The second kappa shape index (κ2) is 2.84. The van der Waals surface area contributed by atoms with Crippen molar-refractivity contribution < 1.29 is 9.90 Å². The van der Waals surface area contributed by atoms with Crippen LogP contribution in [0.15, 0.2) is 0 Å². The van der Waals surface area contributed by atoms with Crippen molar-refractivity contribution in [3.8, 4) is 0 Å². The molecule has 64 valence electrons. The topological polar surface area (TPSA) is 37.3 Å². The molecule has 1 rings (SSSR count). The van der Waals surface area contributed by atoms with E-state index in [-0.39, 0.29) is 5.92 Å². The van der Waals surface area contributed by atoms with Crippen molar-refractivity contribution >= 4 is 5.97 Å². The monoisotopic (exact) mass is 156 g/mol. The van der Waals surface area contributed by atoms with Crippen LogP contribution in [0, 0.1) is 23.7 Å². The molecule has 0 aromatic heterocycles. The normalized spacial score (nSPS) is 44.3. The first-order valence-electron chi connectivity index (χ1n) is 4.26. The SMILES string of the molecule is CC1CC(C(=O)O)C(C)C1C. The van der Waals surface area contributed by atoms with Crippen LogP contribution in [-0.4, -0.2) is 11.1 Å². The van der Waals surface area contributed by atoms with Crippen LogP contribution in [0.2, 0.25) is 0 Å². The average molecular weight is 156 g/mol. The van der Waals surface area contributed by atoms with Gasteiger partial charge in [0.2, 0.25) is 0 Å². The number of hydrogen-bond acceptors (Lipinski definition) is 1. The van der Waals surface area contributed by atoms with Gasteiger partial charge in [-0.3, -0.25) is 4.79 Å². The highest BCUT2D eigenvalue weighted by Gasteiger charge is 2.39. The molecule has 4 unspecified atom stereocenters. The minimum absolute atomic E-state index is 0.0972. The smallest absolute Gasteiger partial charge is 0.306 e. The van der Waals surface area contributed by atoms with Gasteiger partial charge in [-0.1, -0.05) is 20.8 Å². The van der Waals surface area contributed by atoms with E-state index in [0.717, 1.165) is 6.42 Å². The van der Waals surface area contributed by atoms with Crippen molar-refractivity contribution in [3.63, 3.8) is 0 Å². The van der Waals surface area contributed by atoms with E-state index in [1.54, 1.807) is 0 Å². The maximum atomic E-state index is 10.7. The summed E-state index contributed by atoms with van der Waals surface area (Å²) in [6.45, 7) is 6.34. The standard InChI is InChI=1S/C9H16O2/c1-5-4-8(9(10)11)7(3)6(5)2/h5-8H,4H2,1-3H3,(H,10,11). The summed E-state index contributed by atoms with van der Waals surface area (Å²) in [7, 11) is 0. The van der Waals surface area contributed by atoms with E-state index in [2.05, 4.69) is 13.8 Å². The van der Waals surface area contributed by atoms with Gasteiger partial charge in [-0.2, -0.15) is 0 Å². The van der Waals surface area contributed by atoms with Gasteiger partial charge in [0.1, 0.15) is 0 Å². The molecule has 0 bridgehead atoms. The summed E-state index contributed by atoms with van der Waals surface area (Å²) >= 11 is 0. The summed E-state index contributed by atoms with van der Waals surface area (Å²) < 4.78 is 0. The number of aliphatic carboxylic acids is 1. The van der Waals surface area contributed by atoms with Crippen molar-refractivity contribution in [2.75, 3.05) is 0 Å². The van der Waals surface area contributed by atoms with Crippen molar-refractivity contribution in [2.24, 2.45) is 23.7 Å². The fourth-order valence-electron chi connectivity index (χ4n) is 2.04. The zero-order chi connectivity index (χ0) is 8.59. The van der Waals surface area contributed by atoms with Crippen LogP contribution >= 0.6 is 0 Å². The molecule has 0 spiro atoms. The van der Waals surface area contributed by atoms with Crippen LogP contribution in [0.4, 0.5) is 0 Å². The molecule has 1 fully saturated rings. The second-order valence-electron chi connectivity index (χ2n) is 3.88. The van der Waals surface area contributed by atoms with Crippen LogP contribution < -0.4 is 0 Å². The highest BCUT2D eigenvalue weighted by Crippen LogP contribution is 2.40. The van der Waals surface area contributed by atoms with Gasteiger partial charge in [0.25, 0.3) is 0 Å². The van der Waals surface area contributed by atoms with E-state index >= 15 is 0 Å². The van der Waals surface area contributed by atoms with Crippen LogP contribution in [-0.2, 0) is 4.79 Å². The quantitative estimate of drug-likeness (QED) is 0.630. The third kappa shape index (κ3) is 1.39. The molecule has 2 heteroatoms. The summed E-state index contributed by atoms with van der Waals surface area (Å²) in [5.74, 6) is 0.776. The van der Waals surface area contributed by atoms with Crippen molar-refractivity contribution in [1.29, 1.82) is 0 Å². The Kier molecular flexibility index (Phi) is 2.21. The van der Waals surface area contributed by atoms with Gasteiger partial charge in [0.05, 0.1) is 5.92 Å². The summed E-state index contributed by atoms with van der Waals surface area (Å²) in [5, 5.41) is 8.82. The molecule has 0 aromatic rings. The molecule has 2 nitrogen and oxygen atoms in total. The summed E-state index contributed by atoms with van der Waals surface area (Å²) in [5.41, 5.74) is 0. The van der Waals surface area contributed by atoms with Crippen LogP contribution in [0.25, 0.3) is 0 Å². The van der Waals surface area contributed by atoms with Crippen LogP contribution in [0.1, 0.15) is 27.2 Å². The van der Waals surface area contributed by atoms with Gasteiger partial charge in [-0.15, -0.1) is 0 Å². The summed E-state index contributed by atoms with van der Waals surface area (Å²) in [4.78, 5) is 10.7. The average Bonchev–Trinajstić information content (AvgIpc) is 2.17. The Labute approximate surface area is 67.6 Å². The highest BCUT2D eigenvalue weighted by atomic mass is 16.4. The fraction of sp³-hybridized carbons (Fsp3) is 0.889. The van der Waals surface area contributed by atoms with E-state index in [9.17, 15) is 4.79 Å². The van der Waals surface area contributed by atoms with E-state index in [1.165, 1.54) is 0 Å². The number of carboxylic acids is 1. The van der Waals surface area contributed by atoms with Crippen LogP contribution in [0.3, 0.4) is 0 Å². The molecular formula is C9H16O2. The first-order chi connectivity index (χ1) is 5.04. The Balaban J connectivity index is 2.67. The Morgan fingerprint density at radius 1 is 1.27 bits per heavy atom. The third-order valence-corrected chi connectivity index (χ3v) is 3.30. The van der Waals surface area contributed by atoms with Crippen molar-refractivity contribution in [3.05, 3.63) is 0 Å². The molecular weight excluding hydrogens is 140 g/mol. The van der Waals surface area contributed by atoms with E-state index in [4.69, 9.17) is 5.11 Å². The molecule has 0 saturated heterocycles. The number of carbonyl (C=O) groups is 1. The lowest BCUT2D eigenvalue weighted by molar-refractivity contribution is -0.142.